The maximum atomic E-state index is 11.5. The van der Waals surface area contributed by atoms with Crippen LogP contribution in [0.3, 0.4) is 0 Å². The second kappa shape index (κ2) is 5.00. The third-order valence-electron chi connectivity index (χ3n) is 3.03. The van der Waals surface area contributed by atoms with Crippen molar-refractivity contribution in [2.75, 3.05) is 25.1 Å². The predicted octanol–water partition coefficient (Wildman–Crippen LogP) is 0.656. The molecule has 18 heavy (non-hydrogen) atoms. The van der Waals surface area contributed by atoms with Gasteiger partial charge in [0.1, 0.15) is 23.3 Å². The minimum Gasteiger partial charge on any atom is -0.469 e. The van der Waals surface area contributed by atoms with Crippen LogP contribution in [0.1, 0.15) is 17.8 Å². The van der Waals surface area contributed by atoms with Gasteiger partial charge in [-0.15, -0.1) is 0 Å². The Hall–Kier alpha value is -2.16. The minimum absolute atomic E-state index is 0.142. The molecule has 1 atom stereocenters. The van der Waals surface area contributed by atoms with Crippen LogP contribution < -0.4 is 4.90 Å². The van der Waals surface area contributed by atoms with Gasteiger partial charge in [-0.1, -0.05) is 0 Å². The van der Waals surface area contributed by atoms with Crippen molar-refractivity contribution in [3.8, 4) is 6.07 Å². The van der Waals surface area contributed by atoms with Crippen molar-refractivity contribution >= 4 is 11.8 Å². The van der Waals surface area contributed by atoms with Gasteiger partial charge in [-0.05, 0) is 13.3 Å². The molecule has 1 aromatic heterocycles. The maximum absolute atomic E-state index is 11.5. The number of esters is 1. The Kier molecular flexibility index (Phi) is 3.42. The highest BCUT2D eigenvalue weighted by molar-refractivity contribution is 5.74. The fourth-order valence-electron chi connectivity index (χ4n) is 2.09. The molecule has 2 rings (SSSR count). The first-order valence-corrected chi connectivity index (χ1v) is 5.72. The largest absolute Gasteiger partial charge is 0.469 e. The summed E-state index contributed by atoms with van der Waals surface area (Å²) in [6.07, 6.45) is 2.24. The molecule has 0 aromatic carbocycles. The zero-order valence-electron chi connectivity index (χ0n) is 10.4. The summed E-state index contributed by atoms with van der Waals surface area (Å²) in [6.45, 7) is 3.02. The van der Waals surface area contributed by atoms with E-state index in [2.05, 4.69) is 16.0 Å². The predicted molar refractivity (Wildman–Crippen MR) is 63.8 cm³/mol. The average Bonchev–Trinajstić information content (AvgIpc) is 2.87. The number of nitriles is 1. The lowest BCUT2D eigenvalue weighted by Crippen LogP contribution is -2.25. The molecule has 2 heterocycles. The Balaban J connectivity index is 2.22. The molecule has 0 aliphatic carbocycles. The third kappa shape index (κ3) is 2.25. The van der Waals surface area contributed by atoms with E-state index in [9.17, 15) is 4.79 Å². The van der Waals surface area contributed by atoms with Crippen molar-refractivity contribution in [3.63, 3.8) is 0 Å². The molecule has 94 valence electrons. The fraction of sp³-hybridized carbons (Fsp3) is 0.500. The van der Waals surface area contributed by atoms with E-state index in [1.54, 1.807) is 6.92 Å². The normalized spacial score (nSPS) is 18.5. The van der Waals surface area contributed by atoms with Gasteiger partial charge in [0.25, 0.3) is 0 Å². The molecular formula is C12H14N4O2. The van der Waals surface area contributed by atoms with Crippen molar-refractivity contribution < 1.29 is 9.53 Å². The van der Waals surface area contributed by atoms with Gasteiger partial charge in [-0.25, -0.2) is 9.97 Å². The number of rotatable bonds is 2. The summed E-state index contributed by atoms with van der Waals surface area (Å²) >= 11 is 0. The summed E-state index contributed by atoms with van der Waals surface area (Å²) in [5.74, 6) is 0.875. The average molecular weight is 246 g/mol. The highest BCUT2D eigenvalue weighted by atomic mass is 16.5. The molecule has 0 spiro atoms. The van der Waals surface area contributed by atoms with Gasteiger partial charge in [0.15, 0.2) is 0 Å². The molecule has 1 aromatic rings. The molecule has 0 radical (unpaired) electrons. The number of methoxy groups -OCH3 is 1. The van der Waals surface area contributed by atoms with Gasteiger partial charge in [0.05, 0.1) is 19.2 Å². The van der Waals surface area contributed by atoms with Crippen LogP contribution in [0.4, 0.5) is 5.82 Å². The third-order valence-corrected chi connectivity index (χ3v) is 3.03. The standard InChI is InChI=1S/C12H14N4O2/c1-8-14-6-10(5-13)11(15-8)16-4-3-9(7-16)12(17)18-2/h6,9H,3-4,7H2,1-2H3. The molecule has 1 saturated heterocycles. The molecule has 0 N–H and O–H groups in total. The molecule has 0 bridgehead atoms. The monoisotopic (exact) mass is 246 g/mol. The topological polar surface area (TPSA) is 79.1 Å². The van der Waals surface area contributed by atoms with Gasteiger partial charge in [0, 0.05) is 13.1 Å². The highest BCUT2D eigenvalue weighted by Crippen LogP contribution is 2.25. The van der Waals surface area contributed by atoms with E-state index in [1.165, 1.54) is 13.3 Å². The molecule has 1 fully saturated rings. The van der Waals surface area contributed by atoms with E-state index in [0.29, 0.717) is 30.3 Å². The lowest BCUT2D eigenvalue weighted by molar-refractivity contribution is -0.144. The lowest BCUT2D eigenvalue weighted by atomic mass is 10.1. The molecule has 0 amide bonds. The van der Waals surface area contributed by atoms with Gasteiger partial charge in [-0.2, -0.15) is 5.26 Å². The van der Waals surface area contributed by atoms with Crippen LogP contribution in [0.2, 0.25) is 0 Å². The van der Waals surface area contributed by atoms with Crippen LogP contribution in [0.5, 0.6) is 0 Å². The summed E-state index contributed by atoms with van der Waals surface area (Å²) in [5.41, 5.74) is 0.436. The van der Waals surface area contributed by atoms with Crippen LogP contribution in [0.25, 0.3) is 0 Å². The SMILES string of the molecule is COC(=O)C1CCN(c2nc(C)ncc2C#N)C1. The van der Waals surface area contributed by atoms with E-state index in [4.69, 9.17) is 10.00 Å². The molecule has 1 aliphatic heterocycles. The summed E-state index contributed by atoms with van der Waals surface area (Å²) in [4.78, 5) is 21.7. The lowest BCUT2D eigenvalue weighted by Gasteiger charge is -2.18. The first-order valence-electron chi connectivity index (χ1n) is 5.72. The van der Waals surface area contributed by atoms with Crippen molar-refractivity contribution in [1.82, 2.24) is 9.97 Å². The Morgan fingerprint density at radius 3 is 3.11 bits per heavy atom. The Morgan fingerprint density at radius 2 is 2.44 bits per heavy atom. The van der Waals surface area contributed by atoms with E-state index < -0.39 is 0 Å². The zero-order valence-corrected chi connectivity index (χ0v) is 10.4. The minimum atomic E-state index is -0.207. The van der Waals surface area contributed by atoms with Gasteiger partial charge < -0.3 is 9.64 Å². The van der Waals surface area contributed by atoms with Crippen LogP contribution in [-0.4, -0.2) is 36.1 Å². The quantitative estimate of drug-likeness (QED) is 0.713. The Bertz CT molecular complexity index is 509. The molecule has 6 heteroatoms. The van der Waals surface area contributed by atoms with Crippen molar-refractivity contribution in [1.29, 1.82) is 5.26 Å². The summed E-state index contributed by atoms with van der Waals surface area (Å²) in [6, 6.07) is 2.07. The smallest absolute Gasteiger partial charge is 0.310 e. The summed E-state index contributed by atoms with van der Waals surface area (Å²) in [5, 5.41) is 9.04. The zero-order chi connectivity index (χ0) is 13.1. The van der Waals surface area contributed by atoms with E-state index in [-0.39, 0.29) is 11.9 Å². The molecule has 0 saturated carbocycles. The first kappa shape index (κ1) is 12.3. The molecule has 6 nitrogen and oxygen atoms in total. The second-order valence-electron chi connectivity index (χ2n) is 4.22. The van der Waals surface area contributed by atoms with Crippen molar-refractivity contribution in [2.24, 2.45) is 5.92 Å². The number of hydrogen-bond donors (Lipinski definition) is 0. The van der Waals surface area contributed by atoms with Crippen LogP contribution in [0.15, 0.2) is 6.20 Å². The number of anilines is 1. The van der Waals surface area contributed by atoms with Gasteiger partial charge in [0.2, 0.25) is 0 Å². The molecular weight excluding hydrogens is 232 g/mol. The number of nitrogens with zero attached hydrogens (tertiary/aromatic N) is 4. The van der Waals surface area contributed by atoms with Gasteiger partial charge in [-0.3, -0.25) is 4.79 Å². The summed E-state index contributed by atoms with van der Waals surface area (Å²) < 4.78 is 4.74. The maximum Gasteiger partial charge on any atom is 0.310 e. The van der Waals surface area contributed by atoms with Crippen LogP contribution >= 0.6 is 0 Å². The number of carbonyl (C=O) groups is 1. The van der Waals surface area contributed by atoms with E-state index in [1.807, 2.05) is 4.90 Å². The number of carbonyl (C=O) groups excluding carboxylic acids is 1. The summed E-state index contributed by atoms with van der Waals surface area (Å²) in [7, 11) is 1.39. The highest BCUT2D eigenvalue weighted by Gasteiger charge is 2.30. The Morgan fingerprint density at radius 1 is 1.67 bits per heavy atom. The van der Waals surface area contributed by atoms with E-state index >= 15 is 0 Å². The molecule has 1 unspecified atom stereocenters. The number of aryl methyl sites for hydroxylation is 1. The molecule has 1 aliphatic rings. The number of hydrogen-bond acceptors (Lipinski definition) is 6. The van der Waals surface area contributed by atoms with Crippen molar-refractivity contribution in [2.45, 2.75) is 13.3 Å². The second-order valence-corrected chi connectivity index (χ2v) is 4.22. The van der Waals surface area contributed by atoms with E-state index in [0.717, 1.165) is 6.42 Å². The van der Waals surface area contributed by atoms with Crippen LogP contribution in [-0.2, 0) is 9.53 Å². The van der Waals surface area contributed by atoms with Gasteiger partial charge >= 0.3 is 5.97 Å². The number of ether oxygens (including phenoxy) is 1. The number of aromatic nitrogens is 2. The Labute approximate surface area is 105 Å². The van der Waals surface area contributed by atoms with Crippen molar-refractivity contribution in [3.05, 3.63) is 17.6 Å². The fourth-order valence-corrected chi connectivity index (χ4v) is 2.09. The first-order chi connectivity index (χ1) is 8.65. The van der Waals surface area contributed by atoms with Crippen LogP contribution in [0, 0.1) is 24.2 Å².